The van der Waals surface area contributed by atoms with Gasteiger partial charge in [-0.3, -0.25) is 14.4 Å². The Hall–Kier alpha value is -3.35. The smallest absolute Gasteiger partial charge is 0.324 e. The lowest BCUT2D eigenvalue weighted by molar-refractivity contribution is -0.117. The first-order chi connectivity index (χ1) is 15.4. The van der Waals surface area contributed by atoms with Crippen LogP contribution in [0.3, 0.4) is 0 Å². The lowest BCUT2D eigenvalue weighted by Crippen LogP contribution is -2.27. The molecule has 5 rings (SSSR count). The number of hydrogen-bond acceptors (Lipinski definition) is 3. The number of amides is 1. The zero-order valence-electron chi connectivity index (χ0n) is 17.0. The van der Waals surface area contributed by atoms with Crippen LogP contribution in [0, 0.1) is 0 Å². The fourth-order valence-corrected chi connectivity index (χ4v) is 4.20. The summed E-state index contributed by atoms with van der Waals surface area (Å²) >= 11 is 12.3. The average Bonchev–Trinajstić information content (AvgIpc) is 2.98. The first-order valence-electron chi connectivity index (χ1n) is 10.0. The zero-order valence-corrected chi connectivity index (χ0v) is 18.5. The molecule has 1 aliphatic rings. The molecule has 2 N–H and O–H groups in total. The van der Waals surface area contributed by atoms with Gasteiger partial charge >= 0.3 is 5.69 Å². The largest absolute Gasteiger partial charge is 0.326 e. The van der Waals surface area contributed by atoms with Crippen LogP contribution in [0.15, 0.2) is 70.5 Å². The van der Waals surface area contributed by atoms with Crippen molar-refractivity contribution in [3.05, 3.63) is 97.9 Å². The fraction of sp³-hybridized carbons (Fsp3) is 0.125. The van der Waals surface area contributed by atoms with Gasteiger partial charge in [-0.05, 0) is 48.0 Å². The van der Waals surface area contributed by atoms with Crippen molar-refractivity contribution in [2.24, 2.45) is 12.0 Å². The number of carbonyl (C=O) groups is 1. The average molecular weight is 465 g/mol. The van der Waals surface area contributed by atoms with Crippen LogP contribution < -0.4 is 11.0 Å². The van der Waals surface area contributed by atoms with Gasteiger partial charge in [0.1, 0.15) is 6.04 Å². The van der Waals surface area contributed by atoms with E-state index in [9.17, 15) is 9.59 Å². The van der Waals surface area contributed by atoms with Gasteiger partial charge in [-0.2, -0.15) is 0 Å². The number of aromatic nitrogens is 2. The van der Waals surface area contributed by atoms with Crippen LogP contribution in [0.2, 0.25) is 10.0 Å². The highest BCUT2D eigenvalue weighted by molar-refractivity contribution is 6.32. The summed E-state index contributed by atoms with van der Waals surface area (Å²) in [7, 11) is 1.71. The molecular weight excluding hydrogens is 447 g/mol. The Bertz CT molecular complexity index is 1450. The van der Waals surface area contributed by atoms with Crippen LogP contribution >= 0.6 is 23.2 Å². The molecule has 8 heteroatoms. The van der Waals surface area contributed by atoms with Gasteiger partial charge in [0.25, 0.3) is 0 Å². The zero-order chi connectivity index (χ0) is 22.4. The molecular formula is C24H18Cl2N4O2. The van der Waals surface area contributed by atoms with Crippen molar-refractivity contribution in [1.29, 1.82) is 0 Å². The third kappa shape index (κ3) is 3.72. The molecule has 1 aliphatic heterocycles. The molecule has 0 radical (unpaired) electrons. The molecule has 32 heavy (non-hydrogen) atoms. The highest BCUT2D eigenvalue weighted by Crippen LogP contribution is 2.29. The fourth-order valence-electron chi connectivity index (χ4n) is 3.90. The standard InChI is InChI=1S/C24H18Cl2N4O2/c1-30-21-11-14(4-8-19(21)29-24(30)32)22-17-12-16(26)7-9-18(17)28-23(31)20(27-22)10-13-2-5-15(25)6-3-13/h2-9,11-12,20H,10H2,1H3,(H,28,31)(H,29,32). The summed E-state index contributed by atoms with van der Waals surface area (Å²) in [6.45, 7) is 0. The first-order valence-corrected chi connectivity index (χ1v) is 10.8. The van der Waals surface area contributed by atoms with E-state index < -0.39 is 6.04 Å². The minimum atomic E-state index is -0.650. The van der Waals surface area contributed by atoms with E-state index in [-0.39, 0.29) is 11.6 Å². The highest BCUT2D eigenvalue weighted by atomic mass is 35.5. The second-order valence-corrected chi connectivity index (χ2v) is 8.60. The maximum Gasteiger partial charge on any atom is 0.326 e. The van der Waals surface area contributed by atoms with Crippen LogP contribution in [0.1, 0.15) is 16.7 Å². The molecule has 1 aromatic heterocycles. The van der Waals surface area contributed by atoms with E-state index in [1.807, 2.05) is 30.3 Å². The van der Waals surface area contributed by atoms with Crippen molar-refractivity contribution in [2.45, 2.75) is 12.5 Å². The summed E-state index contributed by atoms with van der Waals surface area (Å²) < 4.78 is 1.55. The molecule has 0 saturated heterocycles. The number of aliphatic imine (C=N–C) groups is 1. The van der Waals surface area contributed by atoms with Crippen molar-refractivity contribution in [2.75, 3.05) is 5.32 Å². The summed E-state index contributed by atoms with van der Waals surface area (Å²) in [6.07, 6.45) is 0.416. The molecule has 0 bridgehead atoms. The number of hydrogen-bond donors (Lipinski definition) is 2. The number of imidazole rings is 1. The Labute approximate surface area is 193 Å². The van der Waals surface area contributed by atoms with Crippen LogP contribution in [0.4, 0.5) is 5.69 Å². The van der Waals surface area contributed by atoms with E-state index in [4.69, 9.17) is 28.2 Å². The maximum atomic E-state index is 13.1. The minimum absolute atomic E-state index is 0.194. The summed E-state index contributed by atoms with van der Waals surface area (Å²) in [5.74, 6) is -0.200. The molecule has 1 unspecified atom stereocenters. The monoisotopic (exact) mass is 464 g/mol. The molecule has 4 aromatic rings. The highest BCUT2D eigenvalue weighted by Gasteiger charge is 2.26. The number of benzene rings is 3. The van der Waals surface area contributed by atoms with Crippen LogP contribution in [-0.4, -0.2) is 27.2 Å². The summed E-state index contributed by atoms with van der Waals surface area (Å²) in [6, 6.07) is 17.6. The summed E-state index contributed by atoms with van der Waals surface area (Å²) in [4.78, 5) is 32.8. The molecule has 1 amide bonds. The van der Waals surface area contributed by atoms with Gasteiger partial charge in [-0.1, -0.05) is 41.4 Å². The van der Waals surface area contributed by atoms with Gasteiger partial charge in [0.15, 0.2) is 0 Å². The molecule has 2 heterocycles. The second kappa shape index (κ2) is 7.97. The van der Waals surface area contributed by atoms with Crippen molar-refractivity contribution in [3.8, 4) is 0 Å². The van der Waals surface area contributed by atoms with Gasteiger partial charge in [-0.25, -0.2) is 4.79 Å². The lowest BCUT2D eigenvalue weighted by atomic mass is 9.99. The van der Waals surface area contributed by atoms with Gasteiger partial charge < -0.3 is 10.3 Å². The van der Waals surface area contributed by atoms with Crippen LogP contribution in [-0.2, 0) is 18.3 Å². The molecule has 0 aliphatic carbocycles. The Morgan fingerprint density at radius 1 is 0.969 bits per heavy atom. The quantitative estimate of drug-likeness (QED) is 0.465. The summed E-state index contributed by atoms with van der Waals surface area (Å²) in [5, 5.41) is 4.16. The Balaban J connectivity index is 1.67. The van der Waals surface area contributed by atoms with E-state index >= 15 is 0 Å². The number of benzodiazepines with no additional fused rings is 1. The van der Waals surface area contributed by atoms with Crippen molar-refractivity contribution in [1.82, 2.24) is 9.55 Å². The number of rotatable bonds is 3. The minimum Gasteiger partial charge on any atom is -0.324 e. The molecule has 6 nitrogen and oxygen atoms in total. The van der Waals surface area contributed by atoms with E-state index in [0.717, 1.165) is 27.7 Å². The predicted octanol–water partition coefficient (Wildman–Crippen LogP) is 4.57. The molecule has 1 atom stereocenters. The number of nitrogens with zero attached hydrogens (tertiary/aromatic N) is 2. The number of carbonyl (C=O) groups excluding carboxylic acids is 1. The van der Waals surface area contributed by atoms with Gasteiger partial charge in [0.2, 0.25) is 5.91 Å². The van der Waals surface area contributed by atoms with E-state index in [2.05, 4.69) is 10.3 Å². The van der Waals surface area contributed by atoms with Crippen molar-refractivity contribution >= 4 is 51.5 Å². The lowest BCUT2D eigenvalue weighted by Gasteiger charge is -2.12. The normalized spacial score (nSPS) is 15.8. The van der Waals surface area contributed by atoms with Crippen molar-refractivity contribution < 1.29 is 4.79 Å². The van der Waals surface area contributed by atoms with Crippen LogP contribution in [0.5, 0.6) is 0 Å². The number of H-pyrrole nitrogens is 1. The van der Waals surface area contributed by atoms with Crippen LogP contribution in [0.25, 0.3) is 11.0 Å². The predicted molar refractivity (Wildman–Crippen MR) is 128 cm³/mol. The number of fused-ring (bicyclic) bond motifs is 2. The molecule has 0 spiro atoms. The molecule has 160 valence electrons. The number of halogens is 2. The third-order valence-electron chi connectivity index (χ3n) is 5.60. The SMILES string of the molecule is Cn1c(=O)[nH]c2ccc(C3=NC(Cc4ccc(Cl)cc4)C(=O)Nc4ccc(Cl)cc43)cc21. The second-order valence-electron chi connectivity index (χ2n) is 7.72. The maximum absolute atomic E-state index is 13.1. The summed E-state index contributed by atoms with van der Waals surface area (Å²) in [5.41, 5.74) is 5.02. The van der Waals surface area contributed by atoms with E-state index in [1.54, 1.807) is 41.9 Å². The van der Waals surface area contributed by atoms with E-state index in [0.29, 0.717) is 27.9 Å². The molecule has 0 saturated carbocycles. The molecule has 0 fully saturated rings. The first kappa shape index (κ1) is 20.5. The Kier molecular flexibility index (Phi) is 5.12. The Morgan fingerprint density at radius 3 is 2.50 bits per heavy atom. The molecule has 3 aromatic carbocycles. The Morgan fingerprint density at radius 2 is 1.72 bits per heavy atom. The van der Waals surface area contributed by atoms with Gasteiger partial charge in [0, 0.05) is 34.6 Å². The topological polar surface area (TPSA) is 79.2 Å². The van der Waals surface area contributed by atoms with Gasteiger partial charge in [0.05, 0.1) is 22.4 Å². The van der Waals surface area contributed by atoms with Crippen molar-refractivity contribution in [3.63, 3.8) is 0 Å². The number of anilines is 1. The number of aryl methyl sites for hydroxylation is 1. The number of aromatic amines is 1. The number of nitrogens with one attached hydrogen (secondary N) is 2. The van der Waals surface area contributed by atoms with E-state index in [1.165, 1.54) is 0 Å². The van der Waals surface area contributed by atoms with Gasteiger partial charge in [-0.15, -0.1) is 0 Å². The third-order valence-corrected chi connectivity index (χ3v) is 6.09.